The van der Waals surface area contributed by atoms with Crippen molar-refractivity contribution in [1.29, 1.82) is 0 Å². The number of benzene rings is 3. The van der Waals surface area contributed by atoms with Gasteiger partial charge < -0.3 is 48.2 Å². The van der Waals surface area contributed by atoms with Crippen molar-refractivity contribution in [2.24, 2.45) is 0 Å². The molecule has 0 aliphatic carbocycles. The van der Waals surface area contributed by atoms with Gasteiger partial charge in [0.1, 0.15) is 68.5 Å². The van der Waals surface area contributed by atoms with E-state index in [2.05, 4.69) is 9.97 Å². The fourth-order valence-electron chi connectivity index (χ4n) is 8.20. The summed E-state index contributed by atoms with van der Waals surface area (Å²) in [4.78, 5) is 43.2. The molecule has 0 saturated heterocycles. The van der Waals surface area contributed by atoms with Crippen molar-refractivity contribution >= 4 is 55.5 Å². The van der Waals surface area contributed by atoms with Gasteiger partial charge in [-0.3, -0.25) is 0 Å². The molecule has 5 heterocycles. The lowest BCUT2D eigenvalue weighted by Crippen LogP contribution is -2.17. The van der Waals surface area contributed by atoms with Crippen molar-refractivity contribution in [2.45, 2.75) is 120 Å². The Morgan fingerprint density at radius 2 is 0.561 bits per heavy atom. The van der Waals surface area contributed by atoms with Gasteiger partial charge in [-0.25, -0.2) is 29.9 Å². The third-order valence-electron chi connectivity index (χ3n) is 10.3. The summed E-state index contributed by atoms with van der Waals surface area (Å²) < 4.78 is 39.2. The highest BCUT2D eigenvalue weighted by Gasteiger charge is 2.32. The molecule has 0 atom stereocenters. The number of aromatic nitrogens is 8. The van der Waals surface area contributed by atoms with E-state index in [1.54, 1.807) is 0 Å². The van der Waals surface area contributed by atoms with Crippen LogP contribution in [0.2, 0.25) is 0 Å². The first-order chi connectivity index (χ1) is 31.3. The second kappa shape index (κ2) is 17.9. The van der Waals surface area contributed by atoms with Crippen LogP contribution in [0.1, 0.15) is 94.7 Å². The van der Waals surface area contributed by atoms with Crippen molar-refractivity contribution < 1.29 is 28.4 Å². The smallest absolute Gasteiger partial charge is 0.182 e. The normalized spacial score (nSPS) is 12.7. The molecule has 3 aromatic heterocycles. The van der Waals surface area contributed by atoms with Gasteiger partial charge in [0.2, 0.25) is 0 Å². The van der Waals surface area contributed by atoms with Crippen LogP contribution in [-0.4, -0.2) is 114 Å². The molecule has 16 nitrogen and oxygen atoms in total. The van der Waals surface area contributed by atoms with E-state index in [0.717, 1.165) is 11.4 Å². The maximum absolute atomic E-state index is 6.55. The van der Waals surface area contributed by atoms with Gasteiger partial charge in [-0.15, -0.1) is 0 Å². The number of H-pyrrole nitrogens is 2. The summed E-state index contributed by atoms with van der Waals surface area (Å²) >= 11 is 0. The van der Waals surface area contributed by atoms with Crippen molar-refractivity contribution in [3.05, 3.63) is 48.0 Å². The molecule has 8 bridgehead atoms. The highest BCUT2D eigenvalue weighted by atomic mass is 16.5. The molecule has 6 aromatic rings. The molecule has 0 amide bonds. The Morgan fingerprint density at radius 1 is 0.333 bits per heavy atom. The van der Waals surface area contributed by atoms with Gasteiger partial charge >= 0.3 is 0 Å². The molecule has 348 valence electrons. The minimum Gasteiger partial charge on any atom is -0.490 e. The van der Waals surface area contributed by atoms with Gasteiger partial charge in [-0.2, -0.15) is 0 Å². The SMILES string of the molecule is CC(C)Oc1ccc(OC(C)C)c2c1-c1nc-2nc2[nH]c(nc3nc(nc4[nH]c(n1)c1c(OC(C)C)ccc(OC(C)C)c41)C(N(C)C)=C3N(C)C)c1c(OC(C)C)ccc(OC(C)C)c21. The first-order valence-corrected chi connectivity index (χ1v) is 22.7. The van der Waals surface area contributed by atoms with E-state index < -0.39 is 0 Å². The molecule has 16 heteroatoms. The lowest BCUT2D eigenvalue weighted by molar-refractivity contribution is 0.236. The lowest BCUT2D eigenvalue weighted by atomic mass is 10.1. The number of rotatable bonds is 14. The zero-order valence-electron chi connectivity index (χ0n) is 41.0. The number of fused-ring (bicyclic) bond motifs is 17. The zero-order chi connectivity index (χ0) is 47.5. The Labute approximate surface area is 385 Å². The molecular formula is C50H62N10O6. The Bertz CT molecular complexity index is 2840. The second-order valence-corrected chi connectivity index (χ2v) is 18.5. The van der Waals surface area contributed by atoms with Crippen LogP contribution in [0.3, 0.4) is 0 Å². The standard InChI is InChI=1S/C50H62N10O6/c1-23(2)61-29-17-18-30(62-24(3)4)36-35(29)43-51-44(36)53-46-38-32(64-26(7)8)20-22-34(66-28(11)12)40(38)48(55-46)57-50-42(60(15)16)41(59(13)14)49(58-50)56-47-39-33(65-27(9)10)21-19-31(63-25(5)6)37(39)45(52-43)54-47/h17-28H,1-16H3,(H2,51,52,53,54,55,56,57,58). The van der Waals surface area contributed by atoms with E-state index in [9.17, 15) is 0 Å². The minimum atomic E-state index is -0.181. The lowest BCUT2D eigenvalue weighted by Gasteiger charge is -2.20. The Kier molecular flexibility index (Phi) is 12.4. The Morgan fingerprint density at radius 3 is 0.818 bits per heavy atom. The van der Waals surface area contributed by atoms with Crippen molar-refractivity contribution in [2.75, 3.05) is 28.2 Å². The fraction of sp³-hybridized carbons (Fsp3) is 0.440. The van der Waals surface area contributed by atoms with Crippen LogP contribution >= 0.6 is 0 Å². The monoisotopic (exact) mass is 898 g/mol. The molecule has 8 rings (SSSR count). The predicted molar refractivity (Wildman–Crippen MR) is 260 cm³/mol. The van der Waals surface area contributed by atoms with E-state index in [1.165, 1.54) is 0 Å². The Balaban J connectivity index is 1.68. The second-order valence-electron chi connectivity index (χ2n) is 18.5. The van der Waals surface area contributed by atoms with Crippen LogP contribution in [-0.2, 0) is 0 Å². The van der Waals surface area contributed by atoms with Crippen LogP contribution < -0.4 is 28.4 Å². The average molecular weight is 899 g/mol. The van der Waals surface area contributed by atoms with Gasteiger partial charge in [0.05, 0.1) is 69.3 Å². The number of nitrogens with zero attached hydrogens (tertiary/aromatic N) is 8. The fourth-order valence-corrected chi connectivity index (χ4v) is 8.20. The maximum atomic E-state index is 6.55. The summed E-state index contributed by atoms with van der Waals surface area (Å²) in [7, 11) is 7.86. The average Bonchev–Trinajstić information content (AvgIpc) is 3.95. The molecule has 2 aliphatic rings. The topological polar surface area (TPSA) is 171 Å². The van der Waals surface area contributed by atoms with Gasteiger partial charge in [-0.1, -0.05) is 0 Å². The predicted octanol–water partition coefficient (Wildman–Crippen LogP) is 10.2. The van der Waals surface area contributed by atoms with Crippen molar-refractivity contribution in [1.82, 2.24) is 49.7 Å². The summed E-state index contributed by atoms with van der Waals surface area (Å²) in [5, 5.41) is 2.64. The number of aromatic amines is 2. The Hall–Kier alpha value is -6.84. The molecule has 3 aromatic carbocycles. The van der Waals surface area contributed by atoms with Crippen LogP contribution in [0.5, 0.6) is 34.5 Å². The highest BCUT2D eigenvalue weighted by Crippen LogP contribution is 2.48. The van der Waals surface area contributed by atoms with Crippen LogP contribution in [0.4, 0.5) is 0 Å². The quantitative estimate of drug-likeness (QED) is 0.106. The first kappa shape index (κ1) is 45.7. The number of hydrogen-bond donors (Lipinski definition) is 2. The van der Waals surface area contributed by atoms with Gasteiger partial charge in [0, 0.05) is 28.2 Å². The first-order valence-electron chi connectivity index (χ1n) is 22.7. The van der Waals surface area contributed by atoms with E-state index >= 15 is 0 Å². The molecule has 0 unspecified atom stereocenters. The largest absolute Gasteiger partial charge is 0.490 e. The van der Waals surface area contributed by atoms with Crippen LogP contribution in [0.25, 0.3) is 78.3 Å². The van der Waals surface area contributed by atoms with Crippen molar-refractivity contribution in [3.8, 4) is 57.3 Å². The molecule has 0 saturated carbocycles. The maximum Gasteiger partial charge on any atom is 0.182 e. The third-order valence-corrected chi connectivity index (χ3v) is 10.3. The molecule has 0 spiro atoms. The summed E-state index contributed by atoms with van der Waals surface area (Å²) in [6.07, 6.45) is -1.02. The molecule has 0 radical (unpaired) electrons. The van der Waals surface area contributed by atoms with E-state index in [-0.39, 0.29) is 36.6 Å². The molecule has 0 fully saturated rings. The minimum absolute atomic E-state index is 0.161. The number of hydrogen-bond acceptors (Lipinski definition) is 14. The van der Waals surface area contributed by atoms with Gasteiger partial charge in [0.25, 0.3) is 0 Å². The van der Waals surface area contributed by atoms with E-state index in [4.69, 9.17) is 58.3 Å². The summed E-state index contributed by atoms with van der Waals surface area (Å²) in [5.74, 6) is 4.99. The van der Waals surface area contributed by atoms with Crippen LogP contribution in [0, 0.1) is 0 Å². The number of nitrogens with one attached hydrogen (secondary N) is 2. The molecule has 66 heavy (non-hydrogen) atoms. The summed E-state index contributed by atoms with van der Waals surface area (Å²) in [6, 6.07) is 11.4. The van der Waals surface area contributed by atoms with E-state index in [0.29, 0.717) is 113 Å². The molecular weight excluding hydrogens is 837 g/mol. The van der Waals surface area contributed by atoms with Gasteiger partial charge in [-0.05, 0) is 119 Å². The third kappa shape index (κ3) is 8.67. The van der Waals surface area contributed by atoms with Gasteiger partial charge in [0.15, 0.2) is 23.3 Å². The van der Waals surface area contributed by atoms with Crippen molar-refractivity contribution in [3.63, 3.8) is 0 Å². The summed E-state index contributed by atoms with van der Waals surface area (Å²) in [5.41, 5.74) is 4.50. The van der Waals surface area contributed by atoms with Crippen LogP contribution in [0.15, 0.2) is 36.4 Å². The highest BCUT2D eigenvalue weighted by molar-refractivity contribution is 6.13. The van der Waals surface area contributed by atoms with E-state index in [1.807, 2.05) is 157 Å². The summed E-state index contributed by atoms with van der Waals surface area (Å²) in [6.45, 7) is 23.9. The number of ether oxygens (including phenoxy) is 6. The molecule has 2 N–H and O–H groups in total. The molecule has 2 aliphatic heterocycles. The zero-order valence-corrected chi connectivity index (χ0v) is 41.0.